The molecule has 1 aliphatic carbocycles. The molecule has 0 saturated heterocycles. The molecule has 4 aromatic rings. The van der Waals surface area contributed by atoms with Crippen LogP contribution in [-0.2, 0) is 4.79 Å². The van der Waals surface area contributed by atoms with Crippen molar-refractivity contribution in [2.24, 2.45) is 16.3 Å². The van der Waals surface area contributed by atoms with Crippen molar-refractivity contribution >= 4 is 51.8 Å². The molecule has 1 aliphatic heterocycles. The fourth-order valence-electron chi connectivity index (χ4n) is 4.73. The van der Waals surface area contributed by atoms with E-state index in [-0.39, 0.29) is 23.0 Å². The molecular weight excluding hydrogens is 448 g/mol. The first kappa shape index (κ1) is 19.8. The Morgan fingerprint density at radius 3 is 2.91 bits per heavy atom. The van der Waals surface area contributed by atoms with E-state index in [0.29, 0.717) is 44.4 Å². The molecule has 1 N–H and O–H groups in total. The minimum atomic E-state index is -0.330. The number of oxazole rings is 1. The van der Waals surface area contributed by atoms with Crippen LogP contribution in [0.2, 0.25) is 5.02 Å². The predicted molar refractivity (Wildman–Crippen MR) is 121 cm³/mol. The van der Waals surface area contributed by atoms with E-state index in [0.717, 1.165) is 17.7 Å². The number of aliphatic imine (C=N–C) groups is 1. The van der Waals surface area contributed by atoms with Gasteiger partial charge in [-0.1, -0.05) is 25.4 Å². The highest BCUT2D eigenvalue weighted by atomic mass is 35.5. The highest BCUT2D eigenvalue weighted by molar-refractivity contribution is 7.99. The number of hydrogen-bond acceptors (Lipinski definition) is 7. The van der Waals surface area contributed by atoms with Crippen molar-refractivity contribution in [1.29, 1.82) is 0 Å². The number of Topliss-reactive ketones (excluding diaryl/α,β-unsaturated/α-hetero) is 1. The van der Waals surface area contributed by atoms with E-state index in [1.165, 1.54) is 11.8 Å². The number of nitrogens with one attached hydrogen (secondary N) is 1. The van der Waals surface area contributed by atoms with Gasteiger partial charge < -0.3 is 8.83 Å². The summed E-state index contributed by atoms with van der Waals surface area (Å²) in [5.41, 5.74) is 3.03. The maximum Gasteiger partial charge on any atom is 0.264 e. The standard InChI is InChI=1S/C23H19ClN4O3S/c1-23(2)8-14-20(15(29)9-23)19(12-10-25-28-21(12)26-14)17-5-6-18(30-17)32-22-27-13-7-11(24)3-4-16(13)31-22/h3-7,10,19-20H,8-9H2,1-2H3,(H,25,28). The summed E-state index contributed by atoms with van der Waals surface area (Å²) in [6.45, 7) is 4.21. The molecule has 3 aromatic heterocycles. The first-order valence-electron chi connectivity index (χ1n) is 10.3. The molecule has 0 radical (unpaired) electrons. The monoisotopic (exact) mass is 466 g/mol. The second-order valence-corrected chi connectivity index (χ2v) is 10.5. The topological polar surface area (TPSA) is 97.3 Å². The number of aromatic amines is 1. The fraction of sp³-hybridized carbons (Fsp3) is 0.304. The number of carbonyl (C=O) groups excluding carboxylic acids is 1. The van der Waals surface area contributed by atoms with E-state index in [4.69, 9.17) is 25.4 Å². The van der Waals surface area contributed by atoms with Crippen molar-refractivity contribution < 1.29 is 13.6 Å². The Hall–Kier alpha value is -2.84. The highest BCUT2D eigenvalue weighted by Gasteiger charge is 2.47. The van der Waals surface area contributed by atoms with Gasteiger partial charge >= 0.3 is 0 Å². The molecule has 2 atom stereocenters. The number of fused-ring (bicyclic) bond motifs is 3. The van der Waals surface area contributed by atoms with E-state index >= 15 is 0 Å². The average molecular weight is 467 g/mol. The number of aromatic nitrogens is 3. The van der Waals surface area contributed by atoms with Crippen LogP contribution < -0.4 is 0 Å². The number of carbonyl (C=O) groups is 1. The minimum absolute atomic E-state index is 0.103. The van der Waals surface area contributed by atoms with Crippen LogP contribution in [-0.4, -0.2) is 26.7 Å². The van der Waals surface area contributed by atoms with Crippen LogP contribution in [0, 0.1) is 11.3 Å². The SMILES string of the molecule is CC1(C)CC(=O)C2C(=Nc3[nH]ncc3C2c2ccc(Sc3nc4cc(Cl)ccc4o3)o2)C1. The summed E-state index contributed by atoms with van der Waals surface area (Å²) < 4.78 is 12.0. The van der Waals surface area contributed by atoms with Crippen molar-refractivity contribution in [3.63, 3.8) is 0 Å². The van der Waals surface area contributed by atoms with Gasteiger partial charge in [-0.2, -0.15) is 5.10 Å². The molecule has 32 heavy (non-hydrogen) atoms. The van der Waals surface area contributed by atoms with Gasteiger partial charge in [0.15, 0.2) is 16.5 Å². The molecule has 7 nitrogen and oxygen atoms in total. The van der Waals surface area contributed by atoms with Crippen LogP contribution in [0.1, 0.15) is 43.9 Å². The first-order valence-corrected chi connectivity index (χ1v) is 11.5. The van der Waals surface area contributed by atoms with Gasteiger partial charge in [0.25, 0.3) is 5.22 Å². The summed E-state index contributed by atoms with van der Waals surface area (Å²) in [7, 11) is 0. The second-order valence-electron chi connectivity index (χ2n) is 9.07. The summed E-state index contributed by atoms with van der Waals surface area (Å²) in [6, 6.07) is 9.12. The number of hydrogen-bond donors (Lipinski definition) is 1. The lowest BCUT2D eigenvalue weighted by molar-refractivity contribution is -0.124. The minimum Gasteiger partial charge on any atom is -0.454 e. The molecule has 6 rings (SSSR count). The zero-order chi connectivity index (χ0) is 22.0. The lowest BCUT2D eigenvalue weighted by Gasteiger charge is -2.39. The van der Waals surface area contributed by atoms with Crippen LogP contribution in [0.3, 0.4) is 0 Å². The Morgan fingerprint density at radius 2 is 2.03 bits per heavy atom. The highest BCUT2D eigenvalue weighted by Crippen LogP contribution is 2.49. The molecule has 0 amide bonds. The van der Waals surface area contributed by atoms with Gasteiger partial charge in [-0.05, 0) is 42.2 Å². The molecular formula is C23H19ClN4O3S. The van der Waals surface area contributed by atoms with E-state index in [2.05, 4.69) is 29.0 Å². The molecule has 1 aromatic carbocycles. The summed E-state index contributed by atoms with van der Waals surface area (Å²) in [4.78, 5) is 22.4. The maximum atomic E-state index is 13.2. The van der Waals surface area contributed by atoms with Crippen molar-refractivity contribution in [1.82, 2.24) is 15.2 Å². The second kappa shape index (κ2) is 7.08. The summed E-state index contributed by atoms with van der Waals surface area (Å²) >= 11 is 7.33. The van der Waals surface area contributed by atoms with Gasteiger partial charge in [-0.15, -0.1) is 0 Å². The normalized spacial score (nSPS) is 22.0. The number of H-pyrrole nitrogens is 1. The molecule has 1 saturated carbocycles. The molecule has 1 fully saturated rings. The predicted octanol–water partition coefficient (Wildman–Crippen LogP) is 6.17. The van der Waals surface area contributed by atoms with E-state index in [1.54, 1.807) is 24.4 Å². The summed E-state index contributed by atoms with van der Waals surface area (Å²) in [5, 5.41) is 8.85. The molecule has 4 heterocycles. The largest absolute Gasteiger partial charge is 0.454 e. The molecule has 162 valence electrons. The van der Waals surface area contributed by atoms with Crippen molar-refractivity contribution in [2.75, 3.05) is 0 Å². The molecule has 0 spiro atoms. The van der Waals surface area contributed by atoms with Crippen LogP contribution in [0.5, 0.6) is 0 Å². The Kier molecular flexibility index (Phi) is 4.39. The fourth-order valence-corrected chi connectivity index (χ4v) is 5.62. The maximum absolute atomic E-state index is 13.2. The van der Waals surface area contributed by atoms with Gasteiger partial charge in [-0.3, -0.25) is 9.89 Å². The van der Waals surface area contributed by atoms with E-state index < -0.39 is 0 Å². The van der Waals surface area contributed by atoms with E-state index in [9.17, 15) is 4.79 Å². The lowest BCUT2D eigenvalue weighted by Crippen LogP contribution is -2.42. The third-order valence-electron chi connectivity index (χ3n) is 6.02. The van der Waals surface area contributed by atoms with Crippen molar-refractivity contribution in [3.8, 4) is 0 Å². The number of rotatable bonds is 3. The smallest absolute Gasteiger partial charge is 0.264 e. The van der Waals surface area contributed by atoms with Crippen LogP contribution in [0.25, 0.3) is 11.1 Å². The molecule has 0 bridgehead atoms. The number of ketones is 1. The van der Waals surface area contributed by atoms with Crippen LogP contribution in [0.4, 0.5) is 5.82 Å². The van der Waals surface area contributed by atoms with Crippen molar-refractivity contribution in [3.05, 3.63) is 52.9 Å². The Bertz CT molecular complexity index is 1400. The van der Waals surface area contributed by atoms with Crippen LogP contribution >= 0.6 is 23.4 Å². The third kappa shape index (κ3) is 3.29. The zero-order valence-electron chi connectivity index (χ0n) is 17.4. The summed E-state index contributed by atoms with van der Waals surface area (Å²) in [6.07, 6.45) is 3.04. The lowest BCUT2D eigenvalue weighted by atomic mass is 9.65. The summed E-state index contributed by atoms with van der Waals surface area (Å²) in [5.74, 6) is 1.02. The first-order chi connectivity index (χ1) is 15.4. The average Bonchev–Trinajstić information content (AvgIpc) is 3.44. The zero-order valence-corrected chi connectivity index (χ0v) is 19.0. The molecule has 9 heteroatoms. The van der Waals surface area contributed by atoms with Gasteiger partial charge in [-0.25, -0.2) is 9.98 Å². The number of benzene rings is 1. The molecule has 2 aliphatic rings. The van der Waals surface area contributed by atoms with Gasteiger partial charge in [0.1, 0.15) is 17.1 Å². The van der Waals surface area contributed by atoms with Crippen LogP contribution in [0.15, 0.2) is 60.7 Å². The van der Waals surface area contributed by atoms with Gasteiger partial charge in [0, 0.05) is 34.5 Å². The number of furan rings is 1. The quantitative estimate of drug-likeness (QED) is 0.387. The number of halogens is 1. The van der Waals surface area contributed by atoms with Gasteiger partial charge in [0.05, 0.1) is 18.0 Å². The third-order valence-corrected chi connectivity index (χ3v) is 7.02. The molecule has 2 unspecified atom stereocenters. The Morgan fingerprint density at radius 1 is 1.16 bits per heavy atom. The Balaban J connectivity index is 1.34. The van der Waals surface area contributed by atoms with E-state index in [1.807, 2.05) is 12.1 Å². The van der Waals surface area contributed by atoms with Crippen molar-refractivity contribution in [2.45, 2.75) is 42.9 Å². The number of nitrogens with zero attached hydrogens (tertiary/aromatic N) is 3. The van der Waals surface area contributed by atoms with Gasteiger partial charge in [0.2, 0.25) is 0 Å². The Labute approximate surface area is 192 Å².